The van der Waals surface area contributed by atoms with Gasteiger partial charge in [-0.2, -0.15) is 0 Å². The summed E-state index contributed by atoms with van der Waals surface area (Å²) in [6.45, 7) is 6.67. The summed E-state index contributed by atoms with van der Waals surface area (Å²) in [6.07, 6.45) is 0.959. The van der Waals surface area contributed by atoms with Gasteiger partial charge in [-0.05, 0) is 38.0 Å². The third-order valence-corrected chi connectivity index (χ3v) is 3.81. The Morgan fingerprint density at radius 2 is 2.24 bits per heavy atom. The quantitative estimate of drug-likeness (QED) is 0.625. The summed E-state index contributed by atoms with van der Waals surface area (Å²) in [5.41, 5.74) is 7.66. The molecule has 0 aliphatic heterocycles. The number of nitrogens with one attached hydrogen (secondary N) is 1. The molecule has 0 saturated heterocycles. The van der Waals surface area contributed by atoms with Crippen LogP contribution in [-0.2, 0) is 4.79 Å². The van der Waals surface area contributed by atoms with Crippen LogP contribution in [0.5, 0.6) is 0 Å². The van der Waals surface area contributed by atoms with E-state index < -0.39 is 0 Å². The van der Waals surface area contributed by atoms with Crippen molar-refractivity contribution in [1.82, 2.24) is 5.32 Å². The second-order valence-corrected chi connectivity index (χ2v) is 5.40. The van der Waals surface area contributed by atoms with Crippen molar-refractivity contribution in [2.24, 2.45) is 0 Å². The number of nitrogens with two attached hydrogens (primary N) is 1. The zero-order chi connectivity index (χ0) is 12.8. The number of carbonyl (C=O) groups excluding carboxylic acids is 1. The summed E-state index contributed by atoms with van der Waals surface area (Å²) in [5, 5.41) is 2.80. The minimum absolute atomic E-state index is 0.0821. The van der Waals surface area contributed by atoms with Gasteiger partial charge < -0.3 is 11.1 Å². The van der Waals surface area contributed by atoms with Gasteiger partial charge >= 0.3 is 0 Å². The highest BCUT2D eigenvalue weighted by atomic mass is 32.2. The van der Waals surface area contributed by atoms with Crippen LogP contribution in [0.4, 0.5) is 5.69 Å². The highest BCUT2D eigenvalue weighted by Gasteiger charge is 2.15. The first-order valence-corrected chi connectivity index (χ1v) is 6.73. The summed E-state index contributed by atoms with van der Waals surface area (Å²) >= 11 is 1.55. The maximum Gasteiger partial charge on any atom is 0.233 e. The molecule has 0 saturated carbocycles. The predicted octanol–water partition coefficient (Wildman–Crippen LogP) is 2.58. The number of amides is 1. The summed E-state index contributed by atoms with van der Waals surface area (Å²) in [6, 6.07) is 5.79. The molecule has 0 heterocycles. The molecule has 0 aliphatic carbocycles. The molecular weight excluding hydrogens is 232 g/mol. The lowest BCUT2D eigenvalue weighted by atomic mass is 10.2. The van der Waals surface area contributed by atoms with Gasteiger partial charge in [0.2, 0.25) is 5.91 Å². The van der Waals surface area contributed by atoms with E-state index in [1.54, 1.807) is 11.8 Å². The van der Waals surface area contributed by atoms with E-state index in [2.05, 4.69) is 5.32 Å². The van der Waals surface area contributed by atoms with E-state index >= 15 is 0 Å². The van der Waals surface area contributed by atoms with Crippen molar-refractivity contribution < 1.29 is 4.79 Å². The van der Waals surface area contributed by atoms with Crippen molar-refractivity contribution in [3.05, 3.63) is 23.8 Å². The van der Waals surface area contributed by atoms with Crippen molar-refractivity contribution in [1.29, 1.82) is 0 Å². The van der Waals surface area contributed by atoms with Gasteiger partial charge in [-0.25, -0.2) is 0 Å². The van der Waals surface area contributed by atoms with Crippen LogP contribution >= 0.6 is 11.8 Å². The average molecular weight is 252 g/mol. The summed E-state index contributed by atoms with van der Waals surface area (Å²) in [7, 11) is 0. The van der Waals surface area contributed by atoms with E-state index in [4.69, 9.17) is 5.73 Å². The van der Waals surface area contributed by atoms with Crippen molar-refractivity contribution >= 4 is 23.4 Å². The number of benzene rings is 1. The Hall–Kier alpha value is -1.16. The SMILES string of the molecule is CCCNC(=O)C(C)Sc1cccc(N)c1C. The van der Waals surface area contributed by atoms with Crippen LogP contribution < -0.4 is 11.1 Å². The molecule has 3 N–H and O–H groups in total. The zero-order valence-electron chi connectivity index (χ0n) is 10.6. The number of nitrogen functional groups attached to an aromatic ring is 1. The lowest BCUT2D eigenvalue weighted by Gasteiger charge is -2.13. The number of carbonyl (C=O) groups is 1. The third kappa shape index (κ3) is 3.97. The minimum atomic E-state index is -0.0953. The summed E-state index contributed by atoms with van der Waals surface area (Å²) in [5.74, 6) is 0.0821. The molecule has 0 radical (unpaired) electrons. The van der Waals surface area contributed by atoms with E-state index in [0.717, 1.165) is 29.1 Å². The molecule has 94 valence electrons. The van der Waals surface area contributed by atoms with Gasteiger partial charge in [0.05, 0.1) is 5.25 Å². The van der Waals surface area contributed by atoms with Gasteiger partial charge in [0, 0.05) is 17.1 Å². The van der Waals surface area contributed by atoms with Crippen molar-refractivity contribution in [2.75, 3.05) is 12.3 Å². The van der Waals surface area contributed by atoms with E-state index in [1.165, 1.54) is 0 Å². The Labute approximate surface area is 107 Å². The fraction of sp³-hybridized carbons (Fsp3) is 0.462. The van der Waals surface area contributed by atoms with Gasteiger partial charge in [0.15, 0.2) is 0 Å². The van der Waals surface area contributed by atoms with Crippen molar-refractivity contribution in [3.8, 4) is 0 Å². The Morgan fingerprint density at radius 3 is 2.88 bits per heavy atom. The molecule has 0 fully saturated rings. The normalized spacial score (nSPS) is 12.2. The van der Waals surface area contributed by atoms with Gasteiger partial charge in [0.1, 0.15) is 0 Å². The third-order valence-electron chi connectivity index (χ3n) is 2.55. The summed E-state index contributed by atoms with van der Waals surface area (Å²) < 4.78 is 0. The predicted molar refractivity (Wildman–Crippen MR) is 74.2 cm³/mol. The van der Waals surface area contributed by atoms with Crippen molar-refractivity contribution in [2.45, 2.75) is 37.3 Å². The summed E-state index contributed by atoms with van der Waals surface area (Å²) in [4.78, 5) is 12.8. The molecular formula is C13H20N2OS. The topological polar surface area (TPSA) is 55.1 Å². The molecule has 3 nitrogen and oxygen atoms in total. The molecule has 1 unspecified atom stereocenters. The van der Waals surface area contributed by atoms with Crippen LogP contribution in [-0.4, -0.2) is 17.7 Å². The molecule has 1 aromatic rings. The van der Waals surface area contributed by atoms with Gasteiger partial charge in [0.25, 0.3) is 0 Å². The van der Waals surface area contributed by atoms with Gasteiger partial charge in [-0.15, -0.1) is 11.8 Å². The molecule has 0 aromatic heterocycles. The Bertz CT molecular complexity index is 393. The van der Waals surface area contributed by atoms with E-state index in [0.29, 0.717) is 0 Å². The molecule has 0 spiro atoms. The second kappa shape index (κ2) is 6.55. The fourth-order valence-corrected chi connectivity index (χ4v) is 2.42. The Balaban J connectivity index is 2.64. The first-order chi connectivity index (χ1) is 8.06. The van der Waals surface area contributed by atoms with Crippen LogP contribution in [0.1, 0.15) is 25.8 Å². The van der Waals surface area contributed by atoms with Crippen LogP contribution in [0.3, 0.4) is 0 Å². The lowest BCUT2D eigenvalue weighted by molar-refractivity contribution is -0.120. The van der Waals surface area contributed by atoms with E-state index in [1.807, 2.05) is 39.0 Å². The van der Waals surface area contributed by atoms with Crippen LogP contribution in [0.15, 0.2) is 23.1 Å². The number of rotatable bonds is 5. The zero-order valence-corrected chi connectivity index (χ0v) is 11.4. The smallest absolute Gasteiger partial charge is 0.233 e. The largest absolute Gasteiger partial charge is 0.398 e. The van der Waals surface area contributed by atoms with Crippen LogP contribution in [0, 0.1) is 6.92 Å². The molecule has 1 rings (SSSR count). The van der Waals surface area contributed by atoms with Crippen LogP contribution in [0.25, 0.3) is 0 Å². The average Bonchev–Trinajstić information content (AvgIpc) is 2.31. The molecule has 1 atom stereocenters. The first kappa shape index (κ1) is 13.9. The number of thioether (sulfide) groups is 1. The molecule has 1 aromatic carbocycles. The molecule has 17 heavy (non-hydrogen) atoms. The maximum absolute atomic E-state index is 11.7. The monoisotopic (exact) mass is 252 g/mol. The minimum Gasteiger partial charge on any atom is -0.398 e. The number of hydrogen-bond acceptors (Lipinski definition) is 3. The van der Waals surface area contributed by atoms with E-state index in [9.17, 15) is 4.79 Å². The molecule has 0 aliphatic rings. The lowest BCUT2D eigenvalue weighted by Crippen LogP contribution is -2.31. The second-order valence-electron chi connectivity index (χ2n) is 4.02. The maximum atomic E-state index is 11.7. The van der Waals surface area contributed by atoms with E-state index in [-0.39, 0.29) is 11.2 Å². The van der Waals surface area contributed by atoms with Gasteiger partial charge in [-0.1, -0.05) is 13.0 Å². The first-order valence-electron chi connectivity index (χ1n) is 5.85. The van der Waals surface area contributed by atoms with Crippen LogP contribution in [0.2, 0.25) is 0 Å². The Kier molecular flexibility index (Phi) is 5.35. The number of anilines is 1. The Morgan fingerprint density at radius 1 is 1.53 bits per heavy atom. The van der Waals surface area contributed by atoms with Crippen molar-refractivity contribution in [3.63, 3.8) is 0 Å². The van der Waals surface area contributed by atoms with Gasteiger partial charge in [-0.3, -0.25) is 4.79 Å². The standard InChI is InChI=1S/C13H20N2OS/c1-4-8-15-13(16)10(3)17-12-7-5-6-11(14)9(12)2/h5-7,10H,4,8,14H2,1-3H3,(H,15,16). The number of hydrogen-bond donors (Lipinski definition) is 2. The molecule has 0 bridgehead atoms. The molecule has 1 amide bonds. The highest BCUT2D eigenvalue weighted by Crippen LogP contribution is 2.29. The fourth-order valence-electron chi connectivity index (χ4n) is 1.40. The highest BCUT2D eigenvalue weighted by molar-refractivity contribution is 8.00. The molecule has 4 heteroatoms.